The average molecular weight is 325 g/mol. The lowest BCUT2D eigenvalue weighted by atomic mass is 10.2. The molecule has 4 nitrogen and oxygen atoms in total. The van der Waals surface area contributed by atoms with Crippen LogP contribution in [-0.4, -0.2) is 21.3 Å². The molecule has 23 heavy (non-hydrogen) atoms. The molecule has 0 aliphatic carbocycles. The summed E-state index contributed by atoms with van der Waals surface area (Å²) in [7, 11) is 0. The van der Waals surface area contributed by atoms with E-state index < -0.39 is 0 Å². The number of hydrogen-bond acceptors (Lipinski definition) is 3. The molecule has 2 aromatic heterocycles. The minimum absolute atomic E-state index is 0.0295. The largest absolute Gasteiger partial charge is 0.350 e. The van der Waals surface area contributed by atoms with Crippen LogP contribution < -0.4 is 5.32 Å². The van der Waals surface area contributed by atoms with Crippen molar-refractivity contribution in [2.24, 2.45) is 0 Å². The number of imidazole rings is 1. The Labute approximate surface area is 139 Å². The van der Waals surface area contributed by atoms with Gasteiger partial charge in [-0.15, -0.1) is 11.8 Å². The van der Waals surface area contributed by atoms with Crippen LogP contribution in [0.5, 0.6) is 0 Å². The van der Waals surface area contributed by atoms with Crippen LogP contribution in [0, 0.1) is 0 Å². The lowest BCUT2D eigenvalue weighted by Gasteiger charge is -2.11. The number of carbonyl (C=O) groups is 1. The molecule has 0 radical (unpaired) electrons. The molecule has 3 aromatic rings. The molecule has 2 heterocycles. The minimum atomic E-state index is -0.0295. The highest BCUT2D eigenvalue weighted by atomic mass is 32.2. The molecule has 3 rings (SSSR count). The van der Waals surface area contributed by atoms with E-state index in [0.29, 0.717) is 0 Å². The summed E-state index contributed by atoms with van der Waals surface area (Å²) in [5.74, 6) is 0.700. The molecule has 0 spiro atoms. The molecule has 0 bridgehead atoms. The van der Waals surface area contributed by atoms with E-state index in [1.165, 1.54) is 0 Å². The minimum Gasteiger partial charge on any atom is -0.350 e. The van der Waals surface area contributed by atoms with Gasteiger partial charge in [-0.05, 0) is 38.1 Å². The zero-order chi connectivity index (χ0) is 16.2. The van der Waals surface area contributed by atoms with Crippen LogP contribution in [0.4, 0.5) is 0 Å². The zero-order valence-corrected chi connectivity index (χ0v) is 14.0. The summed E-state index contributed by atoms with van der Waals surface area (Å²) >= 11 is 1.63. The van der Waals surface area contributed by atoms with Gasteiger partial charge in [-0.3, -0.25) is 4.79 Å². The van der Waals surface area contributed by atoms with Crippen LogP contribution in [0.3, 0.4) is 0 Å². The quantitative estimate of drug-likeness (QED) is 0.727. The Morgan fingerprint density at radius 2 is 2.00 bits per heavy atom. The summed E-state index contributed by atoms with van der Waals surface area (Å²) in [6.45, 7) is 3.93. The number of rotatable bonds is 5. The van der Waals surface area contributed by atoms with Crippen molar-refractivity contribution in [3.8, 4) is 0 Å². The topological polar surface area (TPSA) is 46.4 Å². The monoisotopic (exact) mass is 325 g/mol. The highest BCUT2D eigenvalue weighted by Gasteiger charge is 2.12. The van der Waals surface area contributed by atoms with Gasteiger partial charge < -0.3 is 9.72 Å². The van der Waals surface area contributed by atoms with E-state index >= 15 is 0 Å². The number of hydrogen-bond donors (Lipinski definition) is 1. The number of benzene rings is 1. The van der Waals surface area contributed by atoms with Crippen molar-refractivity contribution in [1.29, 1.82) is 0 Å². The first-order chi connectivity index (χ1) is 11.1. The highest BCUT2D eigenvalue weighted by Crippen LogP contribution is 2.26. The number of nitrogens with one attached hydrogen (secondary N) is 1. The first kappa shape index (κ1) is 15.6. The Hall–Kier alpha value is -2.27. The lowest BCUT2D eigenvalue weighted by molar-refractivity contribution is 0.0940. The van der Waals surface area contributed by atoms with Gasteiger partial charge in [-0.25, -0.2) is 4.98 Å². The van der Waals surface area contributed by atoms with E-state index in [9.17, 15) is 4.79 Å². The Bertz CT molecular complexity index is 793. The summed E-state index contributed by atoms with van der Waals surface area (Å²) < 4.78 is 2.01. The van der Waals surface area contributed by atoms with E-state index in [2.05, 4.69) is 10.3 Å². The van der Waals surface area contributed by atoms with E-state index in [-0.39, 0.29) is 11.9 Å². The predicted octanol–water partition coefficient (Wildman–Crippen LogP) is 3.76. The maximum Gasteiger partial charge on any atom is 0.252 e. The number of nitrogens with zero attached hydrogens (tertiary/aromatic N) is 2. The third kappa shape index (κ3) is 3.74. The molecule has 0 fully saturated rings. The van der Waals surface area contributed by atoms with Crippen LogP contribution in [0.1, 0.15) is 29.9 Å². The molecule has 5 heteroatoms. The predicted molar refractivity (Wildman–Crippen MR) is 93.8 cm³/mol. The van der Waals surface area contributed by atoms with Crippen molar-refractivity contribution >= 4 is 23.3 Å². The fourth-order valence-electron chi connectivity index (χ4n) is 2.33. The number of amides is 1. The number of thioether (sulfide) groups is 1. The summed E-state index contributed by atoms with van der Waals surface area (Å²) in [4.78, 5) is 17.9. The van der Waals surface area contributed by atoms with Gasteiger partial charge in [-0.2, -0.15) is 0 Å². The van der Waals surface area contributed by atoms with Gasteiger partial charge in [0, 0.05) is 29.1 Å². The standard InChI is InChI=1S/C18H19N3OS/c1-13(2)19-18(22)15-7-3-4-8-16(15)23-12-14-11-21-10-6-5-9-17(21)20-14/h3-11,13H,12H2,1-2H3,(H,19,22). The van der Waals surface area contributed by atoms with Crippen LogP contribution in [0.15, 0.2) is 59.8 Å². The molecule has 0 atom stereocenters. The summed E-state index contributed by atoms with van der Waals surface area (Å²) in [5.41, 5.74) is 2.66. The van der Waals surface area contributed by atoms with Gasteiger partial charge in [0.05, 0.1) is 11.3 Å². The number of aromatic nitrogens is 2. The van der Waals surface area contributed by atoms with Gasteiger partial charge in [0.2, 0.25) is 0 Å². The molecule has 0 aliphatic rings. The normalized spacial score (nSPS) is 11.1. The third-order valence-electron chi connectivity index (χ3n) is 3.34. The second kappa shape index (κ2) is 6.87. The second-order valence-electron chi connectivity index (χ2n) is 5.61. The molecule has 0 saturated heterocycles. The summed E-state index contributed by atoms with van der Waals surface area (Å²) in [6, 6.07) is 13.8. The van der Waals surface area contributed by atoms with E-state index in [1.807, 2.05) is 73.1 Å². The SMILES string of the molecule is CC(C)NC(=O)c1ccccc1SCc1cn2ccccc2n1. The zero-order valence-electron chi connectivity index (χ0n) is 13.2. The molecule has 0 aliphatic heterocycles. The van der Waals surface area contributed by atoms with Crippen molar-refractivity contribution in [2.45, 2.75) is 30.5 Å². The van der Waals surface area contributed by atoms with Crippen molar-refractivity contribution in [3.63, 3.8) is 0 Å². The lowest BCUT2D eigenvalue weighted by Crippen LogP contribution is -2.30. The van der Waals surface area contributed by atoms with Crippen LogP contribution in [-0.2, 0) is 5.75 Å². The first-order valence-electron chi connectivity index (χ1n) is 7.59. The molecular formula is C18H19N3OS. The smallest absolute Gasteiger partial charge is 0.252 e. The van der Waals surface area contributed by atoms with Crippen LogP contribution in [0.2, 0.25) is 0 Å². The van der Waals surface area contributed by atoms with Gasteiger partial charge in [-0.1, -0.05) is 18.2 Å². The highest BCUT2D eigenvalue weighted by molar-refractivity contribution is 7.98. The maximum atomic E-state index is 12.3. The van der Waals surface area contributed by atoms with Crippen LogP contribution in [0.25, 0.3) is 5.65 Å². The second-order valence-corrected chi connectivity index (χ2v) is 6.63. The van der Waals surface area contributed by atoms with E-state index in [1.54, 1.807) is 11.8 Å². The van der Waals surface area contributed by atoms with Crippen molar-refractivity contribution < 1.29 is 4.79 Å². The molecule has 1 aromatic carbocycles. The number of carbonyl (C=O) groups excluding carboxylic acids is 1. The molecule has 0 unspecified atom stereocenters. The Kier molecular flexibility index (Phi) is 4.67. The fourth-order valence-corrected chi connectivity index (χ4v) is 3.26. The number of pyridine rings is 1. The molecule has 1 N–H and O–H groups in total. The first-order valence-corrected chi connectivity index (χ1v) is 8.57. The van der Waals surface area contributed by atoms with Gasteiger partial charge in [0.15, 0.2) is 0 Å². The Balaban J connectivity index is 1.76. The molecule has 118 valence electrons. The Morgan fingerprint density at radius 3 is 2.78 bits per heavy atom. The molecule has 1 amide bonds. The molecular weight excluding hydrogens is 306 g/mol. The third-order valence-corrected chi connectivity index (χ3v) is 4.45. The van der Waals surface area contributed by atoms with Crippen molar-refractivity contribution in [3.05, 3.63) is 66.1 Å². The van der Waals surface area contributed by atoms with E-state index in [0.717, 1.165) is 27.6 Å². The maximum absolute atomic E-state index is 12.3. The van der Waals surface area contributed by atoms with Crippen molar-refractivity contribution in [2.75, 3.05) is 0 Å². The average Bonchev–Trinajstić information content (AvgIpc) is 2.95. The summed E-state index contributed by atoms with van der Waals surface area (Å²) in [6.07, 6.45) is 4.01. The van der Waals surface area contributed by atoms with Gasteiger partial charge >= 0.3 is 0 Å². The molecule has 0 saturated carbocycles. The van der Waals surface area contributed by atoms with Gasteiger partial charge in [0.1, 0.15) is 5.65 Å². The summed E-state index contributed by atoms with van der Waals surface area (Å²) in [5, 5.41) is 2.95. The Morgan fingerprint density at radius 1 is 1.22 bits per heavy atom. The number of fused-ring (bicyclic) bond motifs is 1. The van der Waals surface area contributed by atoms with Crippen molar-refractivity contribution in [1.82, 2.24) is 14.7 Å². The fraction of sp³-hybridized carbons (Fsp3) is 0.222. The van der Waals surface area contributed by atoms with Crippen LogP contribution >= 0.6 is 11.8 Å². The van der Waals surface area contributed by atoms with E-state index in [4.69, 9.17) is 0 Å². The van der Waals surface area contributed by atoms with Gasteiger partial charge in [0.25, 0.3) is 5.91 Å².